The van der Waals surface area contributed by atoms with Crippen molar-refractivity contribution in [1.29, 1.82) is 0 Å². The first-order chi connectivity index (χ1) is 25.1. The van der Waals surface area contributed by atoms with Gasteiger partial charge in [-0.05, 0) is 70.1 Å². The summed E-state index contributed by atoms with van der Waals surface area (Å²) in [5.74, 6) is 1.85. The minimum atomic E-state index is -0.327. The number of rotatable bonds is 5. The number of benzene rings is 7. The minimum absolute atomic E-state index is 0.327. The summed E-state index contributed by atoms with van der Waals surface area (Å²) in [7, 11) is 0. The Morgan fingerprint density at radius 3 is 1.73 bits per heavy atom. The molecule has 1 aliphatic rings. The van der Waals surface area contributed by atoms with Crippen LogP contribution in [0, 0.1) is 0 Å². The Morgan fingerprint density at radius 1 is 0.412 bits per heavy atom. The van der Waals surface area contributed by atoms with Crippen LogP contribution in [-0.4, -0.2) is 15.0 Å². The maximum atomic E-state index is 6.48. The molecule has 2 aromatic heterocycles. The van der Waals surface area contributed by atoms with E-state index in [9.17, 15) is 0 Å². The molecule has 1 atom stereocenters. The maximum Gasteiger partial charge on any atom is 0.164 e. The molecule has 51 heavy (non-hydrogen) atoms. The van der Waals surface area contributed by atoms with Gasteiger partial charge in [-0.25, -0.2) is 15.0 Å². The van der Waals surface area contributed by atoms with Gasteiger partial charge in [0.2, 0.25) is 0 Å². The molecule has 0 amide bonds. The molecule has 0 N–H and O–H groups in total. The van der Waals surface area contributed by atoms with Gasteiger partial charge in [-0.2, -0.15) is 0 Å². The monoisotopic (exact) mass is 653 g/mol. The van der Waals surface area contributed by atoms with Crippen LogP contribution in [0.5, 0.6) is 0 Å². The summed E-state index contributed by atoms with van der Waals surface area (Å²) in [5, 5.41) is 2.16. The molecule has 0 bridgehead atoms. The van der Waals surface area contributed by atoms with Crippen molar-refractivity contribution in [2.45, 2.75) is 12.3 Å². The molecule has 0 saturated heterocycles. The summed E-state index contributed by atoms with van der Waals surface area (Å²) in [5.41, 5.74) is 12.7. The molecule has 4 heteroatoms. The summed E-state index contributed by atoms with van der Waals surface area (Å²) >= 11 is 0. The highest BCUT2D eigenvalue weighted by molar-refractivity contribution is 6.13. The first-order valence-corrected chi connectivity index (χ1v) is 17.3. The van der Waals surface area contributed by atoms with Crippen molar-refractivity contribution in [2.75, 3.05) is 0 Å². The van der Waals surface area contributed by atoms with Crippen molar-refractivity contribution in [3.8, 4) is 56.4 Å². The topological polar surface area (TPSA) is 51.8 Å². The molecular weight excluding hydrogens is 623 g/mol. The number of aromatic nitrogens is 3. The van der Waals surface area contributed by atoms with Gasteiger partial charge in [0.25, 0.3) is 0 Å². The van der Waals surface area contributed by atoms with Gasteiger partial charge < -0.3 is 4.42 Å². The Labute approximate surface area is 295 Å². The highest BCUT2D eigenvalue weighted by Gasteiger charge is 2.40. The summed E-state index contributed by atoms with van der Waals surface area (Å²) < 4.78 is 6.48. The second kappa shape index (κ2) is 11.5. The Hall–Kier alpha value is -6.65. The van der Waals surface area contributed by atoms with Crippen LogP contribution in [0.1, 0.15) is 23.6 Å². The fraction of sp³-hybridized carbons (Fsp3) is 0.0426. The molecule has 0 aliphatic heterocycles. The smallest absolute Gasteiger partial charge is 0.164 e. The third kappa shape index (κ3) is 4.64. The third-order valence-corrected chi connectivity index (χ3v) is 10.4. The predicted octanol–water partition coefficient (Wildman–Crippen LogP) is 11.8. The first-order valence-electron chi connectivity index (χ1n) is 17.3. The quantitative estimate of drug-likeness (QED) is 0.185. The largest absolute Gasteiger partial charge is 0.456 e. The highest BCUT2D eigenvalue weighted by atomic mass is 16.3. The minimum Gasteiger partial charge on any atom is -0.456 e. The number of furan rings is 1. The van der Waals surface area contributed by atoms with E-state index in [0.29, 0.717) is 17.5 Å². The van der Waals surface area contributed by atoms with Crippen LogP contribution in [0.25, 0.3) is 78.4 Å². The molecule has 0 spiro atoms. The zero-order chi connectivity index (χ0) is 33.9. The van der Waals surface area contributed by atoms with Crippen LogP contribution in [0.2, 0.25) is 0 Å². The molecule has 0 fully saturated rings. The zero-order valence-electron chi connectivity index (χ0n) is 27.9. The van der Waals surface area contributed by atoms with Gasteiger partial charge in [0.1, 0.15) is 11.2 Å². The van der Waals surface area contributed by atoms with Crippen molar-refractivity contribution in [2.24, 2.45) is 0 Å². The van der Waals surface area contributed by atoms with Crippen molar-refractivity contribution < 1.29 is 4.42 Å². The lowest BCUT2D eigenvalue weighted by molar-refractivity contribution is 0.669. The van der Waals surface area contributed by atoms with Crippen molar-refractivity contribution in [3.05, 3.63) is 187 Å². The average Bonchev–Trinajstić information content (AvgIpc) is 3.71. The van der Waals surface area contributed by atoms with Crippen molar-refractivity contribution in [1.82, 2.24) is 15.0 Å². The molecule has 4 nitrogen and oxygen atoms in total. The molecule has 1 aliphatic carbocycles. The fourth-order valence-electron chi connectivity index (χ4n) is 7.89. The molecule has 1 unspecified atom stereocenters. The van der Waals surface area contributed by atoms with E-state index in [1.807, 2.05) is 42.5 Å². The Bertz CT molecular complexity index is 2750. The second-order valence-electron chi connectivity index (χ2n) is 13.3. The van der Waals surface area contributed by atoms with Crippen molar-refractivity contribution >= 4 is 21.9 Å². The number of hydrogen-bond acceptors (Lipinski definition) is 4. The van der Waals surface area contributed by atoms with Gasteiger partial charge in [0, 0.05) is 32.9 Å². The summed E-state index contributed by atoms with van der Waals surface area (Å²) in [6.07, 6.45) is 0. The van der Waals surface area contributed by atoms with Gasteiger partial charge in [0.15, 0.2) is 17.5 Å². The molecular formula is C47H31N3O. The number of hydrogen-bond donors (Lipinski definition) is 0. The van der Waals surface area contributed by atoms with Gasteiger partial charge in [-0.1, -0.05) is 146 Å². The summed E-state index contributed by atoms with van der Waals surface area (Å²) in [6, 6.07) is 59.3. The van der Waals surface area contributed by atoms with Gasteiger partial charge in [0.05, 0.1) is 0 Å². The number of fused-ring (bicyclic) bond motifs is 6. The van der Waals surface area contributed by atoms with Crippen LogP contribution >= 0.6 is 0 Å². The molecule has 0 saturated carbocycles. The normalized spacial score (nSPS) is 14.8. The SMILES string of the molecule is CC1(c2ccccc2)c2ccccc2-c2ccc(-c3nc(-c4ccccc4)nc(-c4ccc5c(c4)oc4cccc(-c6ccccc6)c45)n3)cc21. The van der Waals surface area contributed by atoms with E-state index in [4.69, 9.17) is 19.4 Å². The zero-order valence-corrected chi connectivity index (χ0v) is 27.9. The maximum absolute atomic E-state index is 6.48. The van der Waals surface area contributed by atoms with E-state index in [2.05, 4.69) is 134 Å². The first kappa shape index (κ1) is 29.3. The fourth-order valence-corrected chi connectivity index (χ4v) is 7.89. The van der Waals surface area contributed by atoms with Crippen LogP contribution < -0.4 is 0 Å². The predicted molar refractivity (Wildman–Crippen MR) is 206 cm³/mol. The van der Waals surface area contributed by atoms with E-state index >= 15 is 0 Å². The Balaban J connectivity index is 1.15. The van der Waals surface area contributed by atoms with E-state index in [0.717, 1.165) is 49.8 Å². The van der Waals surface area contributed by atoms with E-state index in [1.54, 1.807) is 0 Å². The lowest BCUT2D eigenvalue weighted by Gasteiger charge is -2.28. The van der Waals surface area contributed by atoms with Crippen LogP contribution in [0.15, 0.2) is 174 Å². The summed E-state index contributed by atoms with van der Waals surface area (Å²) in [4.78, 5) is 15.3. The van der Waals surface area contributed by atoms with Crippen LogP contribution in [-0.2, 0) is 5.41 Å². The summed E-state index contributed by atoms with van der Waals surface area (Å²) in [6.45, 7) is 2.33. The molecule has 2 heterocycles. The van der Waals surface area contributed by atoms with Gasteiger partial charge >= 0.3 is 0 Å². The highest BCUT2D eigenvalue weighted by Crippen LogP contribution is 2.53. The van der Waals surface area contributed by atoms with E-state index in [1.165, 1.54) is 27.8 Å². The van der Waals surface area contributed by atoms with E-state index < -0.39 is 0 Å². The Morgan fingerprint density at radius 2 is 0.980 bits per heavy atom. The van der Waals surface area contributed by atoms with E-state index in [-0.39, 0.29) is 5.41 Å². The Kier molecular flexibility index (Phi) is 6.58. The lowest BCUT2D eigenvalue weighted by atomic mass is 9.74. The molecule has 240 valence electrons. The van der Waals surface area contributed by atoms with Crippen LogP contribution in [0.3, 0.4) is 0 Å². The lowest BCUT2D eigenvalue weighted by Crippen LogP contribution is -2.22. The number of nitrogens with zero attached hydrogens (tertiary/aromatic N) is 3. The molecule has 9 aromatic rings. The average molecular weight is 654 g/mol. The second-order valence-corrected chi connectivity index (χ2v) is 13.3. The van der Waals surface area contributed by atoms with Gasteiger partial charge in [-0.15, -0.1) is 0 Å². The molecule has 7 aromatic carbocycles. The van der Waals surface area contributed by atoms with Crippen molar-refractivity contribution in [3.63, 3.8) is 0 Å². The standard InChI is InChI=1S/C47H31N3O/c1-47(34-18-9-4-10-19-34)39-22-12-11-20-36(39)37-26-24-32(28-40(37)47)45-48-44(31-16-7-3-8-17-31)49-46(50-45)33-25-27-38-42(29-33)51-41-23-13-21-35(43(38)41)30-14-5-2-6-15-30/h2-29H,1H3. The molecule has 0 radical (unpaired) electrons. The third-order valence-electron chi connectivity index (χ3n) is 10.4. The van der Waals surface area contributed by atoms with Gasteiger partial charge in [-0.3, -0.25) is 0 Å². The van der Waals surface area contributed by atoms with Crippen LogP contribution in [0.4, 0.5) is 0 Å². The molecule has 10 rings (SSSR count).